The average Bonchev–Trinajstić information content (AvgIpc) is 2.76. The molecule has 0 radical (unpaired) electrons. The van der Waals surface area contributed by atoms with E-state index in [1.807, 2.05) is 13.0 Å². The van der Waals surface area contributed by atoms with E-state index < -0.39 is 0 Å². The number of nitrogens with zero attached hydrogens (tertiary/aromatic N) is 3. The van der Waals surface area contributed by atoms with E-state index in [1.54, 1.807) is 0 Å². The molecule has 1 aliphatic rings. The molecule has 5 heteroatoms. The molecule has 4 nitrogen and oxygen atoms in total. The van der Waals surface area contributed by atoms with Gasteiger partial charge in [-0.15, -0.1) is 0 Å². The topological polar surface area (TPSA) is 55.0 Å². The minimum atomic E-state index is 0.336. The van der Waals surface area contributed by atoms with Crippen molar-refractivity contribution in [3.63, 3.8) is 0 Å². The van der Waals surface area contributed by atoms with Crippen molar-refractivity contribution >= 4 is 23.2 Å². The smallest absolute Gasteiger partial charge is 0.226 e. The van der Waals surface area contributed by atoms with Crippen molar-refractivity contribution in [2.24, 2.45) is 11.7 Å². The van der Waals surface area contributed by atoms with E-state index in [2.05, 4.69) is 21.8 Å². The fraction of sp³-hybridized carbons (Fsp3) is 0.583. The first kappa shape index (κ1) is 12.2. The number of hydrogen-bond acceptors (Lipinski definition) is 4. The number of hydrogen-bond donors (Lipinski definition) is 1. The van der Waals surface area contributed by atoms with Gasteiger partial charge in [0.05, 0.1) is 0 Å². The Hall–Kier alpha value is -1.23. The van der Waals surface area contributed by atoms with Crippen LogP contribution in [-0.2, 0) is 0 Å². The Kier molecular flexibility index (Phi) is 3.57. The van der Waals surface area contributed by atoms with Gasteiger partial charge in [-0.1, -0.05) is 25.6 Å². The second kappa shape index (κ2) is 4.96. The summed E-state index contributed by atoms with van der Waals surface area (Å²) < 4.78 is 0. The monoisotopic (exact) mass is 250 g/mol. The van der Waals surface area contributed by atoms with Crippen LogP contribution in [-0.4, -0.2) is 28.0 Å². The van der Waals surface area contributed by atoms with Crippen LogP contribution in [0.25, 0.3) is 0 Å². The maximum absolute atomic E-state index is 5.63. The maximum Gasteiger partial charge on any atom is 0.226 e. The molecule has 0 spiro atoms. The van der Waals surface area contributed by atoms with Gasteiger partial charge in [-0.3, -0.25) is 0 Å². The number of rotatable bonds is 3. The Labute approximate surface area is 107 Å². The zero-order valence-corrected chi connectivity index (χ0v) is 11.1. The van der Waals surface area contributed by atoms with Crippen LogP contribution in [0.3, 0.4) is 0 Å². The van der Waals surface area contributed by atoms with Gasteiger partial charge in [0, 0.05) is 18.8 Å². The Morgan fingerprint density at radius 2 is 2.35 bits per heavy atom. The molecule has 2 N–H and O–H groups in total. The second-order valence-electron chi connectivity index (χ2n) is 4.57. The lowest BCUT2D eigenvalue weighted by molar-refractivity contribution is 0.568. The Morgan fingerprint density at radius 1 is 1.59 bits per heavy atom. The molecular formula is C12H18N4S. The molecule has 1 saturated heterocycles. The van der Waals surface area contributed by atoms with Gasteiger partial charge in [0.15, 0.2) is 0 Å². The van der Waals surface area contributed by atoms with Gasteiger partial charge in [-0.2, -0.15) is 0 Å². The normalized spacial score (nSPS) is 19.6. The highest BCUT2D eigenvalue weighted by molar-refractivity contribution is 7.80. The van der Waals surface area contributed by atoms with Crippen LogP contribution in [0.5, 0.6) is 0 Å². The molecule has 1 fully saturated rings. The number of aryl methyl sites for hydroxylation is 1. The molecule has 0 aliphatic carbocycles. The average molecular weight is 250 g/mol. The molecule has 1 atom stereocenters. The summed E-state index contributed by atoms with van der Waals surface area (Å²) in [6, 6.07) is 1.83. The minimum absolute atomic E-state index is 0.336. The highest BCUT2D eigenvalue weighted by Crippen LogP contribution is 2.23. The summed E-state index contributed by atoms with van der Waals surface area (Å²) in [5, 5.41) is 0. The van der Waals surface area contributed by atoms with E-state index >= 15 is 0 Å². The Bertz CT molecular complexity index is 433. The molecule has 1 aliphatic heterocycles. The molecule has 1 unspecified atom stereocenters. The van der Waals surface area contributed by atoms with Crippen molar-refractivity contribution in [2.45, 2.75) is 26.7 Å². The molecule has 17 heavy (non-hydrogen) atoms. The van der Waals surface area contributed by atoms with Crippen LogP contribution < -0.4 is 10.6 Å². The standard InChI is InChI=1S/C12H18N4S/c1-3-9-4-5-16(7-9)12-14-8(2)6-10(15-12)11(13)17/h6,9H,3-5,7H2,1-2H3,(H2,13,17). The predicted octanol–water partition coefficient (Wildman–Crippen LogP) is 1.66. The fourth-order valence-corrected chi connectivity index (χ4v) is 2.27. The van der Waals surface area contributed by atoms with Gasteiger partial charge in [-0.05, 0) is 25.3 Å². The van der Waals surface area contributed by atoms with E-state index in [4.69, 9.17) is 18.0 Å². The summed E-state index contributed by atoms with van der Waals surface area (Å²) in [6.07, 6.45) is 2.43. The third-order valence-electron chi connectivity index (χ3n) is 3.24. The zero-order chi connectivity index (χ0) is 12.4. The van der Waals surface area contributed by atoms with Gasteiger partial charge in [0.25, 0.3) is 0 Å². The summed E-state index contributed by atoms with van der Waals surface area (Å²) in [5.74, 6) is 1.52. The van der Waals surface area contributed by atoms with Crippen LogP contribution in [0, 0.1) is 12.8 Å². The van der Waals surface area contributed by atoms with Gasteiger partial charge in [0.2, 0.25) is 5.95 Å². The minimum Gasteiger partial charge on any atom is -0.388 e. The lowest BCUT2D eigenvalue weighted by atomic mass is 10.1. The molecule has 0 amide bonds. The Balaban J connectivity index is 2.24. The predicted molar refractivity (Wildman–Crippen MR) is 73.3 cm³/mol. The van der Waals surface area contributed by atoms with Crippen molar-refractivity contribution in [1.82, 2.24) is 9.97 Å². The zero-order valence-electron chi connectivity index (χ0n) is 10.3. The molecule has 92 valence electrons. The van der Waals surface area contributed by atoms with Crippen LogP contribution in [0.4, 0.5) is 5.95 Å². The van der Waals surface area contributed by atoms with Crippen LogP contribution in [0.2, 0.25) is 0 Å². The molecular weight excluding hydrogens is 232 g/mol. The van der Waals surface area contributed by atoms with Gasteiger partial charge >= 0.3 is 0 Å². The molecule has 1 aromatic rings. The first-order valence-corrected chi connectivity index (χ1v) is 6.41. The molecule has 0 aromatic carbocycles. The molecule has 2 rings (SSSR count). The van der Waals surface area contributed by atoms with Gasteiger partial charge < -0.3 is 10.6 Å². The number of nitrogens with two attached hydrogens (primary N) is 1. The van der Waals surface area contributed by atoms with Crippen LogP contribution in [0.15, 0.2) is 6.07 Å². The van der Waals surface area contributed by atoms with Crippen molar-refractivity contribution in [3.8, 4) is 0 Å². The van der Waals surface area contributed by atoms with Crippen molar-refractivity contribution in [3.05, 3.63) is 17.5 Å². The third-order valence-corrected chi connectivity index (χ3v) is 3.45. The summed E-state index contributed by atoms with van der Waals surface area (Å²) in [7, 11) is 0. The largest absolute Gasteiger partial charge is 0.388 e. The third kappa shape index (κ3) is 2.72. The number of anilines is 1. The summed E-state index contributed by atoms with van der Waals surface area (Å²) in [4.78, 5) is 11.5. The first-order valence-electron chi connectivity index (χ1n) is 6.00. The lowest BCUT2D eigenvalue weighted by Gasteiger charge is -2.17. The lowest BCUT2D eigenvalue weighted by Crippen LogP contribution is -2.24. The maximum atomic E-state index is 5.63. The summed E-state index contributed by atoms with van der Waals surface area (Å²) in [5.41, 5.74) is 7.21. The highest BCUT2D eigenvalue weighted by Gasteiger charge is 2.23. The highest BCUT2D eigenvalue weighted by atomic mass is 32.1. The fourth-order valence-electron chi connectivity index (χ4n) is 2.17. The van der Waals surface area contributed by atoms with E-state index in [-0.39, 0.29) is 0 Å². The van der Waals surface area contributed by atoms with Crippen LogP contribution >= 0.6 is 12.2 Å². The van der Waals surface area contributed by atoms with Crippen molar-refractivity contribution in [1.29, 1.82) is 0 Å². The Morgan fingerprint density at radius 3 is 2.94 bits per heavy atom. The molecule has 1 aromatic heterocycles. The SMILES string of the molecule is CCC1CCN(c2nc(C)cc(C(N)=S)n2)C1. The van der Waals surface area contributed by atoms with E-state index in [9.17, 15) is 0 Å². The summed E-state index contributed by atoms with van der Waals surface area (Å²) >= 11 is 4.97. The number of aromatic nitrogens is 2. The van der Waals surface area contributed by atoms with Crippen molar-refractivity contribution in [2.75, 3.05) is 18.0 Å². The summed E-state index contributed by atoms with van der Waals surface area (Å²) in [6.45, 7) is 6.24. The molecule has 0 saturated carbocycles. The van der Waals surface area contributed by atoms with Gasteiger partial charge in [0.1, 0.15) is 10.7 Å². The second-order valence-corrected chi connectivity index (χ2v) is 5.01. The van der Waals surface area contributed by atoms with Gasteiger partial charge in [-0.25, -0.2) is 9.97 Å². The van der Waals surface area contributed by atoms with E-state index in [0.717, 1.165) is 30.6 Å². The van der Waals surface area contributed by atoms with Crippen LogP contribution in [0.1, 0.15) is 31.2 Å². The van der Waals surface area contributed by atoms with Crippen molar-refractivity contribution < 1.29 is 0 Å². The molecule has 0 bridgehead atoms. The van der Waals surface area contributed by atoms with E-state index in [1.165, 1.54) is 12.8 Å². The first-order chi connectivity index (χ1) is 8.10. The number of thiocarbonyl (C=S) groups is 1. The molecule has 2 heterocycles. The van der Waals surface area contributed by atoms with E-state index in [0.29, 0.717) is 10.7 Å². The quantitative estimate of drug-likeness (QED) is 0.827.